The third-order valence-corrected chi connectivity index (χ3v) is 16.4. The summed E-state index contributed by atoms with van der Waals surface area (Å²) in [5.41, 5.74) is 16.1. The average Bonchev–Trinajstić information content (AvgIpc) is 4.40. The topological polar surface area (TPSA) is 82.1 Å². The highest BCUT2D eigenvalue weighted by Gasteiger charge is 2.25. The molecule has 7 nitrogen and oxygen atoms in total. The third kappa shape index (κ3) is 5.98. The van der Waals surface area contributed by atoms with Crippen molar-refractivity contribution in [1.29, 1.82) is 0 Å². The van der Waals surface area contributed by atoms with Crippen LogP contribution in [0.5, 0.6) is 0 Å². The van der Waals surface area contributed by atoms with E-state index in [9.17, 15) is 0 Å². The van der Waals surface area contributed by atoms with Crippen LogP contribution in [0.2, 0.25) is 0 Å². The molecule has 0 unspecified atom stereocenters. The summed E-state index contributed by atoms with van der Waals surface area (Å²) in [7, 11) is 0. The Bertz CT molecular complexity index is 4990. The van der Waals surface area contributed by atoms with Crippen LogP contribution in [0.15, 0.2) is 257 Å². The van der Waals surface area contributed by atoms with E-state index in [1.54, 1.807) is 0 Å². The van der Waals surface area contributed by atoms with Crippen LogP contribution in [0.4, 0.5) is 17.1 Å². The van der Waals surface area contributed by atoms with Crippen LogP contribution in [0.3, 0.4) is 0 Å². The second kappa shape index (κ2) is 15.5. The zero-order valence-corrected chi connectivity index (χ0v) is 41.4. The lowest BCUT2D eigenvalue weighted by atomic mass is 9.84. The minimum Gasteiger partial charge on any atom is -0.456 e. The highest BCUT2D eigenvalue weighted by Crippen LogP contribution is 2.46. The Morgan fingerprint density at radius 2 is 0.449 bits per heavy atom. The van der Waals surface area contributed by atoms with E-state index in [4.69, 9.17) is 26.5 Å². The number of para-hydroxylation sites is 4. The fourth-order valence-corrected chi connectivity index (χ4v) is 12.8. The average molecular weight is 1000 g/mol. The van der Waals surface area contributed by atoms with Gasteiger partial charge in [-0.1, -0.05) is 109 Å². The molecule has 0 N–H and O–H groups in total. The molecule has 12 aromatic carbocycles. The van der Waals surface area contributed by atoms with Gasteiger partial charge in [0, 0.05) is 117 Å². The van der Waals surface area contributed by atoms with E-state index < -0.39 is 0 Å². The number of benzene rings is 12. The quantitative estimate of drug-likeness (QED) is 0.153. The molecule has 18 aromatic rings. The predicted molar refractivity (Wildman–Crippen MR) is 316 cm³/mol. The molecule has 78 heavy (non-hydrogen) atoms. The lowest BCUT2D eigenvalue weighted by Gasteiger charge is -2.25. The molecule has 0 spiro atoms. The second-order valence-corrected chi connectivity index (χ2v) is 20.7. The first-order chi connectivity index (χ1) is 38.6. The van der Waals surface area contributed by atoms with Crippen molar-refractivity contribution in [3.63, 3.8) is 0 Å². The van der Waals surface area contributed by atoms with Crippen molar-refractivity contribution < 1.29 is 26.5 Å². The number of hydrogen-bond acceptors (Lipinski definition) is 7. The Balaban J connectivity index is 0.773. The highest BCUT2D eigenvalue weighted by molar-refractivity contribution is 6.23. The molecule has 0 fully saturated rings. The van der Waals surface area contributed by atoms with Crippen molar-refractivity contribution in [2.45, 2.75) is 5.92 Å². The van der Waals surface area contributed by atoms with Gasteiger partial charge in [0.05, 0.1) is 0 Å². The van der Waals surface area contributed by atoms with Gasteiger partial charge in [-0.15, -0.1) is 0 Å². The van der Waals surface area contributed by atoms with Crippen LogP contribution in [-0.4, -0.2) is 0 Å². The monoisotopic (exact) mass is 1000 g/mol. The first-order valence-corrected chi connectivity index (χ1v) is 26.3. The minimum atomic E-state index is -0.160. The molecule has 0 aliphatic carbocycles. The van der Waals surface area contributed by atoms with E-state index in [2.05, 4.69) is 175 Å². The lowest BCUT2D eigenvalue weighted by molar-refractivity contribution is 0.666. The molecular formula is C71H39NO6. The van der Waals surface area contributed by atoms with E-state index in [-0.39, 0.29) is 5.92 Å². The molecule has 18 rings (SSSR count). The van der Waals surface area contributed by atoms with E-state index in [1.165, 1.54) is 0 Å². The molecule has 0 bridgehead atoms. The van der Waals surface area contributed by atoms with Crippen LogP contribution >= 0.6 is 0 Å². The Hall–Kier alpha value is -10.5. The predicted octanol–water partition coefficient (Wildman–Crippen LogP) is 20.9. The van der Waals surface area contributed by atoms with Crippen LogP contribution in [0.1, 0.15) is 22.6 Å². The van der Waals surface area contributed by atoms with Crippen molar-refractivity contribution >= 4 is 159 Å². The minimum absolute atomic E-state index is 0.160. The first-order valence-electron chi connectivity index (χ1n) is 26.3. The van der Waals surface area contributed by atoms with Gasteiger partial charge in [0.25, 0.3) is 0 Å². The summed E-state index contributed by atoms with van der Waals surface area (Å²) in [6, 6.07) is 80.8. The molecule has 7 heteroatoms. The van der Waals surface area contributed by atoms with E-state index in [0.717, 1.165) is 176 Å². The number of fused-ring (bicyclic) bond motifs is 21. The molecule has 0 atom stereocenters. The van der Waals surface area contributed by atoms with Crippen molar-refractivity contribution in [3.8, 4) is 0 Å². The molecule has 364 valence electrons. The van der Waals surface area contributed by atoms with Crippen molar-refractivity contribution in [2.24, 2.45) is 0 Å². The number of anilines is 3. The van der Waals surface area contributed by atoms with E-state index in [1.807, 2.05) is 60.7 Å². The van der Waals surface area contributed by atoms with Crippen molar-refractivity contribution in [2.75, 3.05) is 4.90 Å². The number of hydrogen-bond donors (Lipinski definition) is 0. The highest BCUT2D eigenvalue weighted by atomic mass is 16.3. The zero-order chi connectivity index (χ0) is 50.7. The van der Waals surface area contributed by atoms with Gasteiger partial charge in [0.1, 0.15) is 67.0 Å². The van der Waals surface area contributed by atoms with Gasteiger partial charge in [-0.3, -0.25) is 0 Å². The molecular weight excluding hydrogens is 963 g/mol. The molecule has 0 radical (unpaired) electrons. The fraction of sp³-hybridized carbons (Fsp3) is 0.0141. The Kier molecular flexibility index (Phi) is 8.33. The summed E-state index contributed by atoms with van der Waals surface area (Å²) >= 11 is 0. The SMILES string of the molecule is c1ccc2c(c1)oc1cc(C(c3ccc4c(c3)oc3ccccc34)c3ccc4c(c3)oc3c4ccc4c3ccc3c5ccc(N(c6ccc7c(c6)oc6ccccc67)c6ccc7c(c6)oc6ccccc67)cc5oc34)ccc12. The maximum Gasteiger partial charge on any atom is 0.143 e. The van der Waals surface area contributed by atoms with Crippen LogP contribution < -0.4 is 4.90 Å². The summed E-state index contributed by atoms with van der Waals surface area (Å²) in [5.74, 6) is -0.160. The molecule has 0 aliphatic heterocycles. The molecule has 0 aliphatic rings. The van der Waals surface area contributed by atoms with Crippen molar-refractivity contribution in [1.82, 2.24) is 0 Å². The van der Waals surface area contributed by atoms with Gasteiger partial charge in [-0.05, 0) is 120 Å². The normalized spacial score (nSPS) is 12.5. The second-order valence-electron chi connectivity index (χ2n) is 20.7. The number of rotatable bonds is 6. The standard InChI is InChI=1S/C71H39NO6/c1-5-13-59-45(9-1)49-23-17-39(33-63(49)73-59)69(40-18-24-50-46-10-2-6-14-60(46)74-64(50)34-40)41-19-25-53-55-29-31-58-57(70(55)77-65(53)35-41)32-30-56-54-28-22-44(38-68(54)78-71(56)58)72(42-20-26-51-47-11-3-7-15-61(47)75-66(51)36-42)43-21-27-52-48-12-4-8-16-62(48)76-67(52)37-43/h1-38,69H. The smallest absolute Gasteiger partial charge is 0.143 e. The summed E-state index contributed by atoms with van der Waals surface area (Å²) in [6.07, 6.45) is 0. The Labute approximate surface area is 441 Å². The molecule has 6 aromatic heterocycles. The maximum absolute atomic E-state index is 7.02. The van der Waals surface area contributed by atoms with Crippen LogP contribution in [0, 0.1) is 0 Å². The Morgan fingerprint density at radius 3 is 0.808 bits per heavy atom. The molecule has 6 heterocycles. The van der Waals surface area contributed by atoms with Crippen molar-refractivity contribution in [3.05, 3.63) is 247 Å². The summed E-state index contributed by atoms with van der Waals surface area (Å²) < 4.78 is 39.8. The Morgan fingerprint density at radius 1 is 0.205 bits per heavy atom. The molecule has 0 saturated heterocycles. The van der Waals surface area contributed by atoms with Gasteiger partial charge in [-0.2, -0.15) is 0 Å². The number of nitrogens with zero attached hydrogens (tertiary/aromatic N) is 1. The van der Waals surface area contributed by atoms with E-state index >= 15 is 0 Å². The van der Waals surface area contributed by atoms with E-state index in [0.29, 0.717) is 0 Å². The zero-order valence-electron chi connectivity index (χ0n) is 41.4. The largest absolute Gasteiger partial charge is 0.456 e. The molecule has 0 saturated carbocycles. The summed E-state index contributed by atoms with van der Waals surface area (Å²) in [4.78, 5) is 2.25. The van der Waals surface area contributed by atoms with Gasteiger partial charge >= 0.3 is 0 Å². The van der Waals surface area contributed by atoms with Gasteiger partial charge < -0.3 is 31.4 Å². The summed E-state index contributed by atoms with van der Waals surface area (Å²) in [5, 5.41) is 14.8. The third-order valence-electron chi connectivity index (χ3n) is 16.4. The first kappa shape index (κ1) is 41.8. The fourth-order valence-electron chi connectivity index (χ4n) is 12.8. The van der Waals surface area contributed by atoms with Crippen LogP contribution in [0.25, 0.3) is 142 Å². The summed E-state index contributed by atoms with van der Waals surface area (Å²) in [6.45, 7) is 0. The van der Waals surface area contributed by atoms with Gasteiger partial charge in [-0.25, -0.2) is 0 Å². The van der Waals surface area contributed by atoms with Crippen LogP contribution in [-0.2, 0) is 0 Å². The molecule has 0 amide bonds. The van der Waals surface area contributed by atoms with Gasteiger partial charge in [0.15, 0.2) is 0 Å². The van der Waals surface area contributed by atoms with Gasteiger partial charge in [0.2, 0.25) is 0 Å². The maximum atomic E-state index is 7.02. The number of furan rings is 6. The lowest BCUT2D eigenvalue weighted by Crippen LogP contribution is -2.09.